The van der Waals surface area contributed by atoms with Crippen LogP contribution in [0.1, 0.15) is 11.7 Å². The molecule has 3 N–H and O–H groups in total. The number of aliphatic carboxylic acids is 1. The van der Waals surface area contributed by atoms with E-state index in [1.54, 1.807) is 0 Å². The molecular weight excluding hydrogens is 254 g/mol. The number of carbonyl (C=O) groups is 2. The number of ether oxygens (including phenoxy) is 2. The van der Waals surface area contributed by atoms with E-state index in [0.717, 1.165) is 0 Å². The van der Waals surface area contributed by atoms with Crippen LogP contribution in [-0.2, 0) is 9.59 Å². The number of carboxylic acid groups (broad SMARTS) is 1. The SMILES string of the molecule is COc1ccc(C(O)C(NC=O)C(=O)O)cc1OC. The third-order valence-corrected chi connectivity index (χ3v) is 2.58. The van der Waals surface area contributed by atoms with Crippen molar-refractivity contribution >= 4 is 12.4 Å². The van der Waals surface area contributed by atoms with Crippen LogP contribution < -0.4 is 14.8 Å². The molecule has 0 heterocycles. The van der Waals surface area contributed by atoms with Gasteiger partial charge in [0.1, 0.15) is 6.10 Å². The fraction of sp³-hybridized carbons (Fsp3) is 0.333. The Balaban J connectivity index is 3.07. The molecule has 7 nitrogen and oxygen atoms in total. The number of amides is 1. The van der Waals surface area contributed by atoms with Crippen LogP contribution in [0.3, 0.4) is 0 Å². The van der Waals surface area contributed by atoms with E-state index in [1.807, 2.05) is 5.32 Å². The first-order valence-corrected chi connectivity index (χ1v) is 5.37. The van der Waals surface area contributed by atoms with Crippen LogP contribution in [0.15, 0.2) is 18.2 Å². The normalized spacial score (nSPS) is 13.2. The fourth-order valence-electron chi connectivity index (χ4n) is 1.60. The molecule has 1 aromatic rings. The molecule has 0 bridgehead atoms. The number of carbonyl (C=O) groups excluding carboxylic acids is 1. The van der Waals surface area contributed by atoms with Crippen molar-refractivity contribution in [3.63, 3.8) is 0 Å². The lowest BCUT2D eigenvalue weighted by Crippen LogP contribution is -2.41. The van der Waals surface area contributed by atoms with Gasteiger partial charge in [-0.25, -0.2) is 4.79 Å². The minimum Gasteiger partial charge on any atom is -0.493 e. The quantitative estimate of drug-likeness (QED) is 0.599. The zero-order chi connectivity index (χ0) is 14.4. The second-order valence-corrected chi connectivity index (χ2v) is 3.66. The van der Waals surface area contributed by atoms with Crippen molar-refractivity contribution in [2.75, 3.05) is 14.2 Å². The highest BCUT2D eigenvalue weighted by Crippen LogP contribution is 2.30. The summed E-state index contributed by atoms with van der Waals surface area (Å²) < 4.78 is 10.1. The van der Waals surface area contributed by atoms with Gasteiger partial charge in [0.25, 0.3) is 0 Å². The van der Waals surface area contributed by atoms with Crippen LogP contribution in [0, 0.1) is 0 Å². The number of aliphatic hydroxyl groups excluding tert-OH is 1. The molecule has 0 saturated heterocycles. The molecule has 0 radical (unpaired) electrons. The average molecular weight is 269 g/mol. The summed E-state index contributed by atoms with van der Waals surface area (Å²) in [6, 6.07) is 3.05. The molecule has 0 spiro atoms. The maximum Gasteiger partial charge on any atom is 0.329 e. The van der Waals surface area contributed by atoms with Crippen molar-refractivity contribution in [1.29, 1.82) is 0 Å². The van der Waals surface area contributed by atoms with Crippen molar-refractivity contribution in [2.45, 2.75) is 12.1 Å². The van der Waals surface area contributed by atoms with E-state index in [1.165, 1.54) is 32.4 Å². The summed E-state index contributed by atoms with van der Waals surface area (Å²) in [6.45, 7) is 0. The maximum absolute atomic E-state index is 10.9. The molecule has 2 atom stereocenters. The van der Waals surface area contributed by atoms with Crippen molar-refractivity contribution < 1.29 is 29.3 Å². The number of carboxylic acids is 1. The Morgan fingerprint density at radius 1 is 1.32 bits per heavy atom. The summed E-state index contributed by atoms with van der Waals surface area (Å²) in [7, 11) is 2.88. The van der Waals surface area contributed by atoms with Crippen LogP contribution in [0.2, 0.25) is 0 Å². The standard InChI is InChI=1S/C12H15NO6/c1-18-8-4-3-7(5-9(8)19-2)11(15)10(12(16)17)13-6-14/h3-6,10-11,15H,1-2H3,(H,13,14)(H,16,17). The van der Waals surface area contributed by atoms with Gasteiger partial charge in [0.2, 0.25) is 6.41 Å². The molecular formula is C12H15NO6. The summed E-state index contributed by atoms with van der Waals surface area (Å²) in [4.78, 5) is 21.3. The fourth-order valence-corrected chi connectivity index (χ4v) is 1.60. The van der Waals surface area contributed by atoms with E-state index in [-0.39, 0.29) is 6.41 Å². The van der Waals surface area contributed by atoms with Gasteiger partial charge in [0.15, 0.2) is 17.5 Å². The highest BCUT2D eigenvalue weighted by atomic mass is 16.5. The van der Waals surface area contributed by atoms with Gasteiger partial charge < -0.3 is 25.0 Å². The molecule has 1 rings (SSSR count). The Kier molecular flexibility index (Phi) is 5.13. The van der Waals surface area contributed by atoms with Gasteiger partial charge >= 0.3 is 5.97 Å². The van der Waals surface area contributed by atoms with Gasteiger partial charge in [-0.15, -0.1) is 0 Å². The number of hydrogen-bond donors (Lipinski definition) is 3. The molecule has 1 aromatic carbocycles. The third kappa shape index (κ3) is 3.35. The van der Waals surface area contributed by atoms with E-state index in [2.05, 4.69) is 0 Å². The van der Waals surface area contributed by atoms with E-state index in [0.29, 0.717) is 17.1 Å². The number of aliphatic hydroxyl groups is 1. The molecule has 0 aliphatic rings. The van der Waals surface area contributed by atoms with Crippen LogP contribution >= 0.6 is 0 Å². The lowest BCUT2D eigenvalue weighted by Gasteiger charge is -2.19. The Morgan fingerprint density at radius 3 is 2.42 bits per heavy atom. The molecule has 0 fully saturated rings. The zero-order valence-electron chi connectivity index (χ0n) is 10.5. The highest BCUT2D eigenvalue weighted by Gasteiger charge is 2.27. The molecule has 0 aliphatic heterocycles. The Hall–Kier alpha value is -2.28. The minimum absolute atomic E-state index is 0.225. The number of hydrogen-bond acceptors (Lipinski definition) is 5. The summed E-state index contributed by atoms with van der Waals surface area (Å²) in [5.41, 5.74) is 0.291. The third-order valence-electron chi connectivity index (χ3n) is 2.58. The lowest BCUT2D eigenvalue weighted by atomic mass is 10.0. The molecule has 0 aliphatic carbocycles. The second kappa shape index (κ2) is 6.60. The first-order chi connectivity index (χ1) is 9.04. The van der Waals surface area contributed by atoms with Gasteiger partial charge in [-0.1, -0.05) is 6.07 Å². The Morgan fingerprint density at radius 2 is 1.95 bits per heavy atom. The molecule has 7 heteroatoms. The number of rotatable bonds is 7. The molecule has 0 aromatic heterocycles. The van der Waals surface area contributed by atoms with Crippen molar-refractivity contribution in [3.8, 4) is 11.5 Å². The topological polar surface area (TPSA) is 105 Å². The number of benzene rings is 1. The van der Waals surface area contributed by atoms with Crippen molar-refractivity contribution in [3.05, 3.63) is 23.8 Å². The number of nitrogens with one attached hydrogen (secondary N) is 1. The monoisotopic (exact) mass is 269 g/mol. The lowest BCUT2D eigenvalue weighted by molar-refractivity contribution is -0.143. The molecule has 2 unspecified atom stereocenters. The summed E-state index contributed by atoms with van der Waals surface area (Å²) in [6.07, 6.45) is -1.18. The van der Waals surface area contributed by atoms with E-state index < -0.39 is 18.1 Å². The van der Waals surface area contributed by atoms with Crippen LogP contribution in [0.4, 0.5) is 0 Å². The summed E-state index contributed by atoms with van der Waals surface area (Å²) >= 11 is 0. The van der Waals surface area contributed by atoms with E-state index in [4.69, 9.17) is 14.6 Å². The van der Waals surface area contributed by atoms with Gasteiger partial charge in [0.05, 0.1) is 14.2 Å². The van der Waals surface area contributed by atoms with E-state index in [9.17, 15) is 14.7 Å². The summed E-state index contributed by atoms with van der Waals surface area (Å²) in [5.74, 6) is -0.530. The largest absolute Gasteiger partial charge is 0.493 e. The predicted molar refractivity (Wildman–Crippen MR) is 65.1 cm³/mol. The van der Waals surface area contributed by atoms with Crippen molar-refractivity contribution in [2.24, 2.45) is 0 Å². The Labute approximate surface area is 109 Å². The highest BCUT2D eigenvalue weighted by molar-refractivity contribution is 5.77. The number of methoxy groups -OCH3 is 2. The minimum atomic E-state index is -1.43. The maximum atomic E-state index is 10.9. The molecule has 104 valence electrons. The smallest absolute Gasteiger partial charge is 0.329 e. The van der Waals surface area contributed by atoms with E-state index >= 15 is 0 Å². The average Bonchev–Trinajstić information content (AvgIpc) is 2.42. The second-order valence-electron chi connectivity index (χ2n) is 3.66. The summed E-state index contributed by atoms with van der Waals surface area (Å²) in [5, 5.41) is 20.9. The Bertz CT molecular complexity index is 462. The molecule has 1 amide bonds. The van der Waals surface area contributed by atoms with Gasteiger partial charge in [-0.2, -0.15) is 0 Å². The molecule has 19 heavy (non-hydrogen) atoms. The van der Waals surface area contributed by atoms with Crippen molar-refractivity contribution in [1.82, 2.24) is 5.32 Å². The van der Waals surface area contributed by atoms with Gasteiger partial charge in [-0.05, 0) is 17.7 Å². The van der Waals surface area contributed by atoms with Crippen LogP contribution in [0.25, 0.3) is 0 Å². The zero-order valence-corrected chi connectivity index (χ0v) is 10.5. The van der Waals surface area contributed by atoms with Crippen LogP contribution in [0.5, 0.6) is 11.5 Å². The van der Waals surface area contributed by atoms with Gasteiger partial charge in [-0.3, -0.25) is 4.79 Å². The van der Waals surface area contributed by atoms with Gasteiger partial charge in [0, 0.05) is 0 Å². The van der Waals surface area contributed by atoms with Crippen LogP contribution in [-0.4, -0.2) is 42.9 Å². The molecule has 0 saturated carbocycles. The predicted octanol–water partition coefficient (Wildman–Crippen LogP) is -0.0636. The first-order valence-electron chi connectivity index (χ1n) is 5.37. The first kappa shape index (κ1) is 14.8.